The van der Waals surface area contributed by atoms with Crippen molar-refractivity contribution in [2.75, 3.05) is 6.61 Å². The summed E-state index contributed by atoms with van der Waals surface area (Å²) in [6.45, 7) is 6.69. The van der Waals surface area contributed by atoms with E-state index in [1.165, 1.54) is 4.68 Å². The van der Waals surface area contributed by atoms with Crippen molar-refractivity contribution in [3.8, 4) is 5.75 Å². The van der Waals surface area contributed by atoms with Crippen LogP contribution in [-0.4, -0.2) is 22.3 Å². The van der Waals surface area contributed by atoms with Gasteiger partial charge in [0.15, 0.2) is 11.6 Å². The number of amides is 1. The molecule has 0 atom stereocenters. The summed E-state index contributed by atoms with van der Waals surface area (Å²) in [5, 5.41) is 6.86. The number of ether oxygens (including phenoxy) is 1. The molecular formula is C19H26FN3O2. The summed E-state index contributed by atoms with van der Waals surface area (Å²) in [4.78, 5) is 12.2. The Bertz CT molecular complexity index is 725. The van der Waals surface area contributed by atoms with Gasteiger partial charge in [0, 0.05) is 19.2 Å². The lowest BCUT2D eigenvalue weighted by Crippen LogP contribution is -2.25. The van der Waals surface area contributed by atoms with Gasteiger partial charge in [0.25, 0.3) is 5.91 Å². The van der Waals surface area contributed by atoms with Crippen LogP contribution in [0, 0.1) is 18.7 Å². The minimum Gasteiger partial charge on any atom is -0.491 e. The highest BCUT2D eigenvalue weighted by Gasteiger charge is 2.14. The zero-order valence-electron chi connectivity index (χ0n) is 15.3. The van der Waals surface area contributed by atoms with Crippen molar-refractivity contribution < 1.29 is 13.9 Å². The molecule has 2 rings (SSSR count). The molecule has 1 aromatic heterocycles. The molecule has 0 aliphatic carbocycles. The van der Waals surface area contributed by atoms with Crippen LogP contribution in [0.1, 0.15) is 48.4 Å². The molecule has 0 unspecified atom stereocenters. The molecule has 0 saturated heterocycles. The molecule has 6 heteroatoms. The van der Waals surface area contributed by atoms with Crippen LogP contribution in [0.3, 0.4) is 0 Å². The number of nitrogens with one attached hydrogen (secondary N) is 1. The Morgan fingerprint density at radius 3 is 2.80 bits per heavy atom. The highest BCUT2D eigenvalue weighted by molar-refractivity contribution is 5.92. The number of halogens is 1. The highest BCUT2D eigenvalue weighted by Crippen LogP contribution is 2.21. The molecule has 25 heavy (non-hydrogen) atoms. The molecule has 0 saturated carbocycles. The summed E-state index contributed by atoms with van der Waals surface area (Å²) >= 11 is 0. The van der Waals surface area contributed by atoms with Crippen LogP contribution < -0.4 is 10.1 Å². The van der Waals surface area contributed by atoms with Crippen molar-refractivity contribution in [3.63, 3.8) is 0 Å². The van der Waals surface area contributed by atoms with E-state index in [-0.39, 0.29) is 18.2 Å². The van der Waals surface area contributed by atoms with E-state index in [4.69, 9.17) is 4.74 Å². The second kappa shape index (κ2) is 8.65. The molecule has 0 aliphatic heterocycles. The molecule has 0 fully saturated rings. The van der Waals surface area contributed by atoms with Crippen molar-refractivity contribution in [1.82, 2.24) is 15.1 Å². The highest BCUT2D eigenvalue weighted by atomic mass is 19.1. The van der Waals surface area contributed by atoms with Crippen LogP contribution >= 0.6 is 0 Å². The summed E-state index contributed by atoms with van der Waals surface area (Å²) in [5.41, 5.74) is 1.60. The van der Waals surface area contributed by atoms with Gasteiger partial charge in [-0.05, 0) is 37.8 Å². The molecule has 2 aromatic rings. The minimum absolute atomic E-state index is 0.0953. The zero-order valence-corrected chi connectivity index (χ0v) is 15.3. The number of aromatic nitrogens is 2. The van der Waals surface area contributed by atoms with E-state index in [0.29, 0.717) is 23.8 Å². The number of hydrogen-bond acceptors (Lipinski definition) is 3. The van der Waals surface area contributed by atoms with E-state index in [1.807, 2.05) is 6.92 Å². The van der Waals surface area contributed by atoms with Crippen molar-refractivity contribution in [2.45, 2.75) is 40.2 Å². The Kier molecular flexibility index (Phi) is 6.56. The Hall–Kier alpha value is -2.37. The summed E-state index contributed by atoms with van der Waals surface area (Å²) < 4.78 is 21.5. The predicted octanol–water partition coefficient (Wildman–Crippen LogP) is 3.61. The van der Waals surface area contributed by atoms with Crippen LogP contribution in [0.5, 0.6) is 5.75 Å². The van der Waals surface area contributed by atoms with E-state index < -0.39 is 5.82 Å². The van der Waals surface area contributed by atoms with Gasteiger partial charge >= 0.3 is 0 Å². The van der Waals surface area contributed by atoms with Crippen LogP contribution in [0.4, 0.5) is 4.39 Å². The maximum atomic E-state index is 14.5. The monoisotopic (exact) mass is 347 g/mol. The topological polar surface area (TPSA) is 56.1 Å². The number of hydrogen-bond donors (Lipinski definition) is 1. The second-order valence-corrected chi connectivity index (χ2v) is 6.59. The van der Waals surface area contributed by atoms with Gasteiger partial charge in [-0.25, -0.2) is 4.39 Å². The Labute approximate surface area is 148 Å². The second-order valence-electron chi connectivity index (χ2n) is 6.59. The Balaban J connectivity index is 1.94. The minimum atomic E-state index is -0.423. The third-order valence-electron chi connectivity index (χ3n) is 3.90. The molecule has 1 N–H and O–H groups in total. The van der Waals surface area contributed by atoms with E-state index >= 15 is 0 Å². The van der Waals surface area contributed by atoms with Gasteiger partial charge in [0.05, 0.1) is 12.3 Å². The molecule has 5 nitrogen and oxygen atoms in total. The average Bonchev–Trinajstić information content (AvgIpc) is 2.89. The average molecular weight is 347 g/mol. The van der Waals surface area contributed by atoms with E-state index in [1.54, 1.807) is 31.3 Å². The Morgan fingerprint density at radius 2 is 2.16 bits per heavy atom. The number of benzene rings is 1. The number of rotatable bonds is 8. The molecule has 0 aliphatic rings. The van der Waals surface area contributed by atoms with E-state index in [9.17, 15) is 9.18 Å². The molecule has 1 amide bonds. The molecule has 1 aromatic carbocycles. The van der Waals surface area contributed by atoms with Gasteiger partial charge in [-0.3, -0.25) is 9.48 Å². The van der Waals surface area contributed by atoms with Crippen molar-refractivity contribution in [1.29, 1.82) is 0 Å². The predicted molar refractivity (Wildman–Crippen MR) is 95.1 cm³/mol. The van der Waals surface area contributed by atoms with Crippen LogP contribution in [0.15, 0.2) is 24.3 Å². The third-order valence-corrected chi connectivity index (χ3v) is 3.90. The lowest BCUT2D eigenvalue weighted by molar-refractivity contribution is 0.0941. The first-order valence-corrected chi connectivity index (χ1v) is 8.57. The maximum Gasteiger partial charge on any atom is 0.269 e. The standard InChI is InChI=1S/C19H26FN3O2/c1-13(2)7-6-10-25-17-9-5-8-15(18(17)20)12-21-19(24)16-11-14(3)22-23(16)4/h5,8-9,11,13H,6-7,10,12H2,1-4H3,(H,21,24). The quantitative estimate of drug-likeness (QED) is 0.742. The first-order chi connectivity index (χ1) is 11.9. The van der Waals surface area contributed by atoms with Crippen LogP contribution in [0.25, 0.3) is 0 Å². The van der Waals surface area contributed by atoms with Gasteiger partial charge < -0.3 is 10.1 Å². The fourth-order valence-electron chi connectivity index (χ4n) is 2.57. The molecular weight excluding hydrogens is 321 g/mol. The van der Waals surface area contributed by atoms with Gasteiger partial charge in [-0.1, -0.05) is 26.0 Å². The van der Waals surface area contributed by atoms with Gasteiger partial charge in [0.1, 0.15) is 5.69 Å². The van der Waals surface area contributed by atoms with E-state index in [0.717, 1.165) is 18.5 Å². The molecule has 136 valence electrons. The number of aryl methyl sites for hydroxylation is 2. The molecule has 0 bridgehead atoms. The lowest BCUT2D eigenvalue weighted by Gasteiger charge is -2.11. The smallest absolute Gasteiger partial charge is 0.269 e. The first-order valence-electron chi connectivity index (χ1n) is 8.57. The van der Waals surface area contributed by atoms with Crippen molar-refractivity contribution in [2.24, 2.45) is 13.0 Å². The first kappa shape index (κ1) is 19.0. The van der Waals surface area contributed by atoms with Gasteiger partial charge in [-0.2, -0.15) is 5.10 Å². The van der Waals surface area contributed by atoms with Gasteiger partial charge in [-0.15, -0.1) is 0 Å². The largest absolute Gasteiger partial charge is 0.491 e. The number of carbonyl (C=O) groups is 1. The summed E-state index contributed by atoms with van der Waals surface area (Å²) in [6.07, 6.45) is 1.93. The van der Waals surface area contributed by atoms with Crippen LogP contribution in [-0.2, 0) is 13.6 Å². The van der Waals surface area contributed by atoms with Crippen LogP contribution in [0.2, 0.25) is 0 Å². The molecule has 0 radical (unpaired) electrons. The molecule has 0 spiro atoms. The third kappa shape index (κ3) is 5.31. The fourth-order valence-corrected chi connectivity index (χ4v) is 2.57. The normalized spacial score (nSPS) is 11.0. The fraction of sp³-hybridized carbons (Fsp3) is 0.474. The summed E-state index contributed by atoms with van der Waals surface area (Å²) in [6, 6.07) is 6.68. The van der Waals surface area contributed by atoms with Crippen molar-refractivity contribution >= 4 is 5.91 Å². The SMILES string of the molecule is Cc1cc(C(=O)NCc2cccc(OCCCC(C)C)c2F)n(C)n1. The number of nitrogens with zero attached hydrogens (tertiary/aromatic N) is 2. The van der Waals surface area contributed by atoms with Crippen molar-refractivity contribution in [3.05, 3.63) is 47.0 Å². The Morgan fingerprint density at radius 1 is 1.40 bits per heavy atom. The zero-order chi connectivity index (χ0) is 18.4. The lowest BCUT2D eigenvalue weighted by atomic mass is 10.1. The maximum absolute atomic E-state index is 14.5. The van der Waals surface area contributed by atoms with E-state index in [2.05, 4.69) is 24.3 Å². The summed E-state index contributed by atoms with van der Waals surface area (Å²) in [7, 11) is 1.70. The van der Waals surface area contributed by atoms with Gasteiger partial charge in [0.2, 0.25) is 0 Å². The summed E-state index contributed by atoms with van der Waals surface area (Å²) in [5.74, 6) is 0.122. The molecule has 1 heterocycles. The number of carbonyl (C=O) groups excluding carboxylic acids is 1.